The van der Waals surface area contributed by atoms with Crippen LogP contribution in [-0.2, 0) is 20.0 Å². The smallest absolute Gasteiger partial charge is 0.109 e. The van der Waals surface area contributed by atoms with Crippen molar-refractivity contribution >= 4 is 11.0 Å². The summed E-state index contributed by atoms with van der Waals surface area (Å²) in [6.45, 7) is 2.30. The summed E-state index contributed by atoms with van der Waals surface area (Å²) in [5.41, 5.74) is 8.87. The van der Waals surface area contributed by atoms with Gasteiger partial charge in [-0.25, -0.2) is 4.98 Å². The van der Waals surface area contributed by atoms with Crippen LogP contribution in [0.3, 0.4) is 0 Å². The van der Waals surface area contributed by atoms with Gasteiger partial charge >= 0.3 is 0 Å². The highest BCUT2D eigenvalue weighted by atomic mass is 16.3. The maximum absolute atomic E-state index is 9.32. The Morgan fingerprint density at radius 3 is 2.88 bits per heavy atom. The van der Waals surface area contributed by atoms with Crippen LogP contribution in [0.15, 0.2) is 18.2 Å². The second-order valence-electron chi connectivity index (χ2n) is 4.46. The predicted molar refractivity (Wildman–Crippen MR) is 68.6 cm³/mol. The fourth-order valence-corrected chi connectivity index (χ4v) is 2.05. The summed E-state index contributed by atoms with van der Waals surface area (Å²) in [6.07, 6.45) is 1.23. The highest BCUT2D eigenvalue weighted by Gasteiger charge is 2.10. The summed E-state index contributed by atoms with van der Waals surface area (Å²) in [5, 5.41) is 9.32. The minimum Gasteiger partial charge on any atom is -0.393 e. The Morgan fingerprint density at radius 2 is 2.24 bits per heavy atom. The van der Waals surface area contributed by atoms with Gasteiger partial charge < -0.3 is 15.4 Å². The number of imidazole rings is 1. The first-order valence-electron chi connectivity index (χ1n) is 5.94. The molecule has 0 aliphatic carbocycles. The predicted octanol–water partition coefficient (Wildman–Crippen LogP) is 1.35. The number of nitrogens with two attached hydrogens (primary N) is 1. The summed E-state index contributed by atoms with van der Waals surface area (Å²) in [5.74, 6) is 1.00. The van der Waals surface area contributed by atoms with Crippen molar-refractivity contribution in [2.24, 2.45) is 12.8 Å². The standard InChI is InChI=1S/C13H19N3O/c1-9(17)6-7-12-15-13-10(8-14)4-3-5-11(13)16(12)2/h3-5,9,17H,6-8,14H2,1-2H3. The van der Waals surface area contributed by atoms with Crippen LogP contribution >= 0.6 is 0 Å². The minimum absolute atomic E-state index is 0.288. The van der Waals surface area contributed by atoms with Gasteiger partial charge in [0.2, 0.25) is 0 Å². The second-order valence-corrected chi connectivity index (χ2v) is 4.46. The highest BCUT2D eigenvalue weighted by molar-refractivity contribution is 5.79. The van der Waals surface area contributed by atoms with Gasteiger partial charge in [-0.15, -0.1) is 0 Å². The van der Waals surface area contributed by atoms with Gasteiger partial charge in [0.25, 0.3) is 0 Å². The number of para-hydroxylation sites is 1. The largest absolute Gasteiger partial charge is 0.393 e. The van der Waals surface area contributed by atoms with Gasteiger partial charge in [-0.2, -0.15) is 0 Å². The molecule has 1 aromatic carbocycles. The Balaban J connectivity index is 2.41. The maximum atomic E-state index is 9.32. The molecule has 0 aliphatic heterocycles. The van der Waals surface area contributed by atoms with E-state index < -0.39 is 0 Å². The Kier molecular flexibility index (Phi) is 3.45. The van der Waals surface area contributed by atoms with Crippen LogP contribution in [-0.4, -0.2) is 20.8 Å². The van der Waals surface area contributed by atoms with Gasteiger partial charge in [0.05, 0.1) is 17.1 Å². The van der Waals surface area contributed by atoms with Crippen molar-refractivity contribution in [3.05, 3.63) is 29.6 Å². The Bertz CT molecular complexity index is 517. The molecule has 0 amide bonds. The van der Waals surface area contributed by atoms with Crippen molar-refractivity contribution in [3.8, 4) is 0 Å². The normalized spacial score (nSPS) is 13.2. The molecule has 0 spiro atoms. The van der Waals surface area contributed by atoms with Crippen molar-refractivity contribution in [3.63, 3.8) is 0 Å². The van der Waals surface area contributed by atoms with Crippen molar-refractivity contribution in [1.82, 2.24) is 9.55 Å². The van der Waals surface area contributed by atoms with Crippen molar-refractivity contribution in [1.29, 1.82) is 0 Å². The van der Waals surface area contributed by atoms with E-state index in [1.54, 1.807) is 6.92 Å². The molecule has 0 aliphatic rings. The summed E-state index contributed by atoms with van der Waals surface area (Å²) >= 11 is 0. The summed E-state index contributed by atoms with van der Waals surface area (Å²) in [4.78, 5) is 4.63. The van der Waals surface area contributed by atoms with Crippen LogP contribution in [0.25, 0.3) is 11.0 Å². The molecule has 0 saturated carbocycles. The number of aryl methyl sites for hydroxylation is 2. The number of hydrogen-bond acceptors (Lipinski definition) is 3. The number of aliphatic hydroxyl groups is 1. The first-order chi connectivity index (χ1) is 8.13. The van der Waals surface area contributed by atoms with E-state index in [1.165, 1.54) is 0 Å². The van der Waals surface area contributed by atoms with Crippen LogP contribution in [0.4, 0.5) is 0 Å². The van der Waals surface area contributed by atoms with Crippen molar-refractivity contribution in [2.75, 3.05) is 0 Å². The van der Waals surface area contributed by atoms with Gasteiger partial charge in [0.1, 0.15) is 5.82 Å². The molecule has 0 radical (unpaired) electrons. The number of aromatic nitrogens is 2. The van der Waals surface area contributed by atoms with E-state index >= 15 is 0 Å². The molecule has 2 rings (SSSR count). The number of fused-ring (bicyclic) bond motifs is 1. The van der Waals surface area contributed by atoms with Crippen molar-refractivity contribution in [2.45, 2.75) is 32.4 Å². The van der Waals surface area contributed by atoms with E-state index in [4.69, 9.17) is 5.73 Å². The second kappa shape index (κ2) is 4.85. The molecule has 1 aromatic heterocycles. The molecule has 4 heteroatoms. The molecule has 92 valence electrons. The van der Waals surface area contributed by atoms with Gasteiger partial charge in [-0.05, 0) is 25.0 Å². The average molecular weight is 233 g/mol. The van der Waals surface area contributed by atoms with Gasteiger partial charge in [0, 0.05) is 20.0 Å². The van der Waals surface area contributed by atoms with Crippen LogP contribution in [0.5, 0.6) is 0 Å². The quantitative estimate of drug-likeness (QED) is 0.837. The van der Waals surface area contributed by atoms with E-state index in [1.807, 2.05) is 25.2 Å². The third kappa shape index (κ3) is 2.33. The Morgan fingerprint density at radius 1 is 1.47 bits per heavy atom. The first-order valence-corrected chi connectivity index (χ1v) is 5.94. The summed E-state index contributed by atoms with van der Waals surface area (Å²) in [7, 11) is 2.01. The molecule has 0 bridgehead atoms. The molecule has 2 aromatic rings. The lowest BCUT2D eigenvalue weighted by atomic mass is 10.2. The first kappa shape index (κ1) is 12.1. The van der Waals surface area contributed by atoms with Crippen molar-refractivity contribution < 1.29 is 5.11 Å². The number of aliphatic hydroxyl groups excluding tert-OH is 1. The zero-order valence-corrected chi connectivity index (χ0v) is 10.3. The number of nitrogens with zero attached hydrogens (tertiary/aromatic N) is 2. The number of hydrogen-bond donors (Lipinski definition) is 2. The molecule has 0 saturated heterocycles. The zero-order chi connectivity index (χ0) is 12.4. The molecule has 4 nitrogen and oxygen atoms in total. The highest BCUT2D eigenvalue weighted by Crippen LogP contribution is 2.19. The molecule has 0 fully saturated rings. The lowest BCUT2D eigenvalue weighted by Gasteiger charge is -2.04. The van der Waals surface area contributed by atoms with E-state index in [9.17, 15) is 5.11 Å². The third-order valence-corrected chi connectivity index (χ3v) is 3.09. The van der Waals surface area contributed by atoms with E-state index in [0.29, 0.717) is 6.54 Å². The number of benzene rings is 1. The van der Waals surface area contributed by atoms with Crippen LogP contribution in [0.2, 0.25) is 0 Å². The lowest BCUT2D eigenvalue weighted by molar-refractivity contribution is 0.184. The maximum Gasteiger partial charge on any atom is 0.109 e. The summed E-state index contributed by atoms with van der Waals surface area (Å²) < 4.78 is 2.08. The van der Waals surface area contributed by atoms with Gasteiger partial charge in [0.15, 0.2) is 0 Å². The summed E-state index contributed by atoms with van der Waals surface area (Å²) in [6, 6.07) is 6.06. The average Bonchev–Trinajstić information content (AvgIpc) is 2.64. The van der Waals surface area contributed by atoms with Gasteiger partial charge in [-0.3, -0.25) is 0 Å². The topological polar surface area (TPSA) is 64.1 Å². The van der Waals surface area contributed by atoms with E-state index in [-0.39, 0.29) is 6.10 Å². The molecule has 1 atom stereocenters. The Hall–Kier alpha value is -1.39. The van der Waals surface area contributed by atoms with Gasteiger partial charge in [-0.1, -0.05) is 12.1 Å². The SMILES string of the molecule is CC(O)CCc1nc2c(CN)cccc2n1C. The molecule has 3 N–H and O–H groups in total. The van der Waals surface area contributed by atoms with Crippen LogP contribution in [0.1, 0.15) is 24.7 Å². The monoisotopic (exact) mass is 233 g/mol. The molecular weight excluding hydrogens is 214 g/mol. The number of rotatable bonds is 4. The molecule has 17 heavy (non-hydrogen) atoms. The van der Waals surface area contributed by atoms with Crippen LogP contribution < -0.4 is 5.73 Å². The lowest BCUT2D eigenvalue weighted by Crippen LogP contribution is -2.05. The molecule has 1 unspecified atom stereocenters. The minimum atomic E-state index is -0.288. The molecule has 1 heterocycles. The fourth-order valence-electron chi connectivity index (χ4n) is 2.05. The molecular formula is C13H19N3O. The zero-order valence-electron chi connectivity index (χ0n) is 10.3. The Labute approximate surface area is 101 Å². The fraction of sp³-hybridized carbons (Fsp3) is 0.462. The van der Waals surface area contributed by atoms with E-state index in [0.717, 1.165) is 35.3 Å². The van der Waals surface area contributed by atoms with E-state index in [2.05, 4.69) is 9.55 Å². The third-order valence-electron chi connectivity index (χ3n) is 3.09. The van der Waals surface area contributed by atoms with Crippen LogP contribution in [0, 0.1) is 0 Å².